The second-order valence-electron chi connectivity index (χ2n) is 7.48. The van der Waals surface area contributed by atoms with Gasteiger partial charge >= 0.3 is 0 Å². The molecule has 2 aromatic carbocycles. The number of halogens is 2. The first-order chi connectivity index (χ1) is 14.0. The SMILES string of the molecule is O=C1C=C[C@H]2[C@H]3C(=O)N(c4ccccc4)C(=O)[C@H]3[C@@H]1N2Cc1cccc(F)c1F. The number of para-hydroxylation sites is 1. The first kappa shape index (κ1) is 17.9. The van der Waals surface area contributed by atoms with Crippen molar-refractivity contribution in [1.82, 2.24) is 4.90 Å². The number of carbonyl (C=O) groups is 3. The molecule has 2 bridgehead atoms. The van der Waals surface area contributed by atoms with Gasteiger partial charge in [-0.3, -0.25) is 19.3 Å². The minimum absolute atomic E-state index is 0.0616. The van der Waals surface area contributed by atoms with Gasteiger partial charge in [-0.15, -0.1) is 0 Å². The summed E-state index contributed by atoms with van der Waals surface area (Å²) in [5, 5.41) is 0. The maximum absolute atomic E-state index is 14.2. The molecule has 0 saturated carbocycles. The summed E-state index contributed by atoms with van der Waals surface area (Å²) < 4.78 is 27.8. The van der Waals surface area contributed by atoms with E-state index in [1.807, 2.05) is 0 Å². The average molecular weight is 394 g/mol. The van der Waals surface area contributed by atoms with E-state index in [9.17, 15) is 23.2 Å². The molecule has 5 nitrogen and oxygen atoms in total. The zero-order chi connectivity index (χ0) is 20.3. The van der Waals surface area contributed by atoms with Crippen LogP contribution in [0.3, 0.4) is 0 Å². The molecule has 2 amide bonds. The van der Waals surface area contributed by atoms with Crippen LogP contribution < -0.4 is 4.90 Å². The molecule has 5 rings (SSSR count). The number of ketones is 1. The minimum Gasteiger partial charge on any atom is -0.293 e. The van der Waals surface area contributed by atoms with Gasteiger partial charge in [0.25, 0.3) is 0 Å². The third-order valence-corrected chi connectivity index (χ3v) is 5.99. The number of rotatable bonds is 3. The Morgan fingerprint density at radius 3 is 2.34 bits per heavy atom. The second-order valence-corrected chi connectivity index (χ2v) is 7.48. The van der Waals surface area contributed by atoms with Crippen molar-refractivity contribution in [2.45, 2.75) is 18.6 Å². The summed E-state index contributed by atoms with van der Waals surface area (Å²) in [4.78, 5) is 41.8. The van der Waals surface area contributed by atoms with Crippen LogP contribution in [0.1, 0.15) is 5.56 Å². The van der Waals surface area contributed by atoms with Crippen LogP contribution in [-0.4, -0.2) is 34.6 Å². The maximum atomic E-state index is 14.2. The molecule has 0 radical (unpaired) electrons. The van der Waals surface area contributed by atoms with Gasteiger partial charge in [-0.25, -0.2) is 13.7 Å². The Morgan fingerprint density at radius 2 is 1.59 bits per heavy atom. The van der Waals surface area contributed by atoms with Gasteiger partial charge in [0.15, 0.2) is 17.4 Å². The summed E-state index contributed by atoms with van der Waals surface area (Å²) in [6.07, 6.45) is 2.99. The van der Waals surface area contributed by atoms with Crippen LogP contribution >= 0.6 is 0 Å². The summed E-state index contributed by atoms with van der Waals surface area (Å²) in [5.74, 6) is -4.64. The molecule has 2 aromatic rings. The monoisotopic (exact) mass is 394 g/mol. The quantitative estimate of drug-likeness (QED) is 0.751. The smallest absolute Gasteiger partial charge is 0.239 e. The van der Waals surface area contributed by atoms with Crippen molar-refractivity contribution in [3.63, 3.8) is 0 Å². The Morgan fingerprint density at radius 1 is 0.862 bits per heavy atom. The lowest BCUT2D eigenvalue weighted by molar-refractivity contribution is -0.129. The zero-order valence-electron chi connectivity index (χ0n) is 15.2. The Hall–Kier alpha value is -3.19. The van der Waals surface area contributed by atoms with E-state index in [0.29, 0.717) is 5.69 Å². The molecule has 0 N–H and O–H groups in total. The lowest BCUT2D eigenvalue weighted by Crippen LogP contribution is -2.48. The molecule has 4 atom stereocenters. The van der Waals surface area contributed by atoms with E-state index >= 15 is 0 Å². The number of nitrogens with zero attached hydrogens (tertiary/aromatic N) is 2. The highest BCUT2D eigenvalue weighted by Gasteiger charge is 2.64. The molecule has 0 aliphatic carbocycles. The zero-order valence-corrected chi connectivity index (χ0v) is 15.2. The van der Waals surface area contributed by atoms with E-state index in [-0.39, 0.29) is 23.8 Å². The van der Waals surface area contributed by atoms with Crippen LogP contribution in [0, 0.1) is 23.5 Å². The third-order valence-electron chi connectivity index (χ3n) is 5.99. The molecule has 2 saturated heterocycles. The average Bonchev–Trinajstić information content (AvgIpc) is 3.10. The van der Waals surface area contributed by atoms with Crippen molar-refractivity contribution in [3.8, 4) is 0 Å². The van der Waals surface area contributed by atoms with E-state index in [4.69, 9.17) is 0 Å². The molecule has 0 unspecified atom stereocenters. The van der Waals surface area contributed by atoms with Gasteiger partial charge in [-0.1, -0.05) is 36.4 Å². The van der Waals surface area contributed by atoms with Gasteiger partial charge < -0.3 is 0 Å². The van der Waals surface area contributed by atoms with Gasteiger partial charge in [0.2, 0.25) is 11.8 Å². The highest BCUT2D eigenvalue weighted by Crippen LogP contribution is 2.47. The molecule has 2 fully saturated rings. The molecular formula is C22H16F2N2O3. The lowest BCUT2D eigenvalue weighted by atomic mass is 9.90. The van der Waals surface area contributed by atoms with Crippen molar-refractivity contribution < 1.29 is 23.2 Å². The third kappa shape index (κ3) is 2.50. The number of amides is 2. The lowest BCUT2D eigenvalue weighted by Gasteiger charge is -2.33. The van der Waals surface area contributed by atoms with E-state index in [0.717, 1.165) is 11.0 Å². The van der Waals surface area contributed by atoms with Gasteiger partial charge in [0.1, 0.15) is 0 Å². The summed E-state index contributed by atoms with van der Waals surface area (Å²) in [6.45, 7) is -0.0616. The minimum atomic E-state index is -0.984. The summed E-state index contributed by atoms with van der Waals surface area (Å²) >= 11 is 0. The molecule has 29 heavy (non-hydrogen) atoms. The number of hydrogen-bond donors (Lipinski definition) is 0. The van der Waals surface area contributed by atoms with Crippen LogP contribution in [0.5, 0.6) is 0 Å². The molecule has 3 aliphatic rings. The fourth-order valence-electron chi connectivity index (χ4n) is 4.77. The Kier molecular flexibility index (Phi) is 3.96. The van der Waals surface area contributed by atoms with Crippen LogP contribution in [0.2, 0.25) is 0 Å². The molecule has 3 heterocycles. The molecule has 0 spiro atoms. The first-order valence-electron chi connectivity index (χ1n) is 9.32. The first-order valence-corrected chi connectivity index (χ1v) is 9.32. The van der Waals surface area contributed by atoms with Crippen molar-refractivity contribution in [2.24, 2.45) is 11.8 Å². The van der Waals surface area contributed by atoms with Crippen LogP contribution in [0.4, 0.5) is 14.5 Å². The molecule has 7 heteroatoms. The summed E-state index contributed by atoms with van der Waals surface area (Å²) in [7, 11) is 0. The summed E-state index contributed by atoms with van der Waals surface area (Å²) in [5.41, 5.74) is 0.553. The predicted molar refractivity (Wildman–Crippen MR) is 99.5 cm³/mol. The number of hydrogen-bond acceptors (Lipinski definition) is 4. The highest BCUT2D eigenvalue weighted by atomic mass is 19.2. The number of anilines is 1. The predicted octanol–water partition coefficient (Wildman–Crippen LogP) is 2.46. The molecule has 146 valence electrons. The summed E-state index contributed by atoms with van der Waals surface area (Å²) in [6, 6.07) is 11.0. The van der Waals surface area contributed by atoms with Crippen molar-refractivity contribution in [3.05, 3.63) is 77.9 Å². The number of carbonyl (C=O) groups excluding carboxylic acids is 3. The van der Waals surface area contributed by atoms with Gasteiger partial charge in [-0.05, 0) is 24.3 Å². The van der Waals surface area contributed by atoms with Crippen LogP contribution in [0.25, 0.3) is 0 Å². The van der Waals surface area contributed by atoms with E-state index in [1.54, 1.807) is 41.3 Å². The van der Waals surface area contributed by atoms with Gasteiger partial charge in [-0.2, -0.15) is 0 Å². The van der Waals surface area contributed by atoms with E-state index in [1.165, 1.54) is 18.2 Å². The van der Waals surface area contributed by atoms with E-state index < -0.39 is 41.5 Å². The van der Waals surface area contributed by atoms with Crippen molar-refractivity contribution in [2.75, 3.05) is 4.90 Å². The van der Waals surface area contributed by atoms with E-state index in [2.05, 4.69) is 0 Å². The standard InChI is InChI=1S/C22H16F2N2O3/c23-14-8-4-5-12(19(14)24)11-25-15-9-10-16(27)20(25)18-17(15)21(28)26(22(18)29)13-6-2-1-3-7-13/h1-10,15,17-18,20H,11H2/t15-,17+,18+,20+/m0/s1. The van der Waals surface area contributed by atoms with Crippen LogP contribution in [-0.2, 0) is 20.9 Å². The number of fused-ring (bicyclic) bond motifs is 5. The topological polar surface area (TPSA) is 57.7 Å². The molecule has 3 aliphatic heterocycles. The Balaban J connectivity index is 1.53. The maximum Gasteiger partial charge on any atom is 0.239 e. The normalized spacial score (nSPS) is 28.3. The second kappa shape index (κ2) is 6.42. The Labute approximate surface area is 165 Å². The molecule has 0 aromatic heterocycles. The van der Waals surface area contributed by atoms with Crippen molar-refractivity contribution >= 4 is 23.3 Å². The highest BCUT2D eigenvalue weighted by molar-refractivity contribution is 6.24. The molecular weight excluding hydrogens is 378 g/mol. The Bertz CT molecular complexity index is 1070. The van der Waals surface area contributed by atoms with Crippen LogP contribution in [0.15, 0.2) is 60.7 Å². The number of benzene rings is 2. The fraction of sp³-hybridized carbons (Fsp3) is 0.227. The van der Waals surface area contributed by atoms with Gasteiger partial charge in [0, 0.05) is 18.2 Å². The van der Waals surface area contributed by atoms with Crippen molar-refractivity contribution in [1.29, 1.82) is 0 Å². The fourth-order valence-corrected chi connectivity index (χ4v) is 4.77. The number of imide groups is 1. The largest absolute Gasteiger partial charge is 0.293 e. The van der Waals surface area contributed by atoms with Gasteiger partial charge in [0.05, 0.1) is 23.6 Å².